The van der Waals surface area contributed by atoms with Crippen LogP contribution in [0.3, 0.4) is 0 Å². The maximum atomic E-state index is 12.4. The molecule has 0 spiro atoms. The fraction of sp³-hybridized carbons (Fsp3) is 0.500. The Morgan fingerprint density at radius 2 is 2.37 bits per heavy atom. The van der Waals surface area contributed by atoms with Gasteiger partial charge in [-0.1, -0.05) is 0 Å². The molecule has 0 radical (unpaired) electrons. The second-order valence-corrected chi connectivity index (χ2v) is 3.98. The molecule has 2 rings (SSSR count). The van der Waals surface area contributed by atoms with Crippen molar-refractivity contribution < 1.29 is 14.2 Å². The number of hydrogen-bond acceptors (Lipinski definition) is 6. The first-order valence-electron chi connectivity index (χ1n) is 5.54. The first-order valence-corrected chi connectivity index (χ1v) is 5.54. The molecule has 1 atom stereocenters. The van der Waals surface area contributed by atoms with Gasteiger partial charge in [-0.25, -0.2) is 9.37 Å². The molecule has 9 heteroatoms. The Morgan fingerprint density at radius 1 is 1.63 bits per heavy atom. The van der Waals surface area contributed by atoms with E-state index in [9.17, 15) is 9.18 Å². The molecule has 0 fully saturated rings. The van der Waals surface area contributed by atoms with Gasteiger partial charge in [0, 0.05) is 7.05 Å². The summed E-state index contributed by atoms with van der Waals surface area (Å²) in [7, 11) is 1.49. The molecule has 0 bridgehead atoms. The van der Waals surface area contributed by atoms with Gasteiger partial charge in [-0.3, -0.25) is 13.9 Å². The predicted molar refractivity (Wildman–Crippen MR) is 65.1 cm³/mol. The molecular weight excluding hydrogens is 257 g/mol. The molecule has 0 aliphatic heterocycles. The van der Waals surface area contributed by atoms with Crippen molar-refractivity contribution in [3.8, 4) is 0 Å². The number of aromatic nitrogens is 4. The van der Waals surface area contributed by atoms with Crippen LogP contribution in [0.4, 0.5) is 10.3 Å². The highest BCUT2D eigenvalue weighted by Gasteiger charge is 2.13. The number of halogens is 1. The van der Waals surface area contributed by atoms with Crippen LogP contribution in [0.2, 0.25) is 0 Å². The highest BCUT2D eigenvalue weighted by atomic mass is 19.1. The van der Waals surface area contributed by atoms with Gasteiger partial charge >= 0.3 is 0 Å². The number of anilines is 1. The number of fused-ring (bicyclic) bond motifs is 1. The maximum Gasteiger partial charge on any atom is 0.282 e. The molecule has 0 amide bonds. The van der Waals surface area contributed by atoms with Crippen LogP contribution in [0.1, 0.15) is 0 Å². The molecule has 0 aliphatic rings. The number of nitrogens with two attached hydrogens (primary N) is 1. The van der Waals surface area contributed by atoms with E-state index in [0.717, 1.165) is 0 Å². The van der Waals surface area contributed by atoms with Crippen LogP contribution in [0.25, 0.3) is 11.2 Å². The second-order valence-electron chi connectivity index (χ2n) is 3.98. The van der Waals surface area contributed by atoms with Gasteiger partial charge in [0.05, 0.1) is 12.9 Å². The van der Waals surface area contributed by atoms with Gasteiger partial charge in [0.2, 0.25) is 5.95 Å². The third-order valence-corrected chi connectivity index (χ3v) is 2.71. The van der Waals surface area contributed by atoms with E-state index in [0.29, 0.717) is 0 Å². The Balaban J connectivity index is 2.33. The number of nitrogen functional groups attached to an aromatic ring is 1. The summed E-state index contributed by atoms with van der Waals surface area (Å²) in [4.78, 5) is 19.8. The molecule has 0 saturated heterocycles. The van der Waals surface area contributed by atoms with Crippen LogP contribution in [-0.4, -0.2) is 43.6 Å². The molecule has 0 aromatic carbocycles. The summed E-state index contributed by atoms with van der Waals surface area (Å²) >= 11 is 0. The standard InChI is InChI=1S/C10H14FN5O3/c1-15-9(18)7-8(14-10(15)12)16(4-13-7)5-19-6(2-11)3-17/h4,6,17H,2-3,5H2,1H3,(H2,12,14). The number of rotatable bonds is 5. The average Bonchev–Trinajstić information content (AvgIpc) is 2.80. The quantitative estimate of drug-likeness (QED) is 0.723. The molecule has 3 N–H and O–H groups in total. The molecule has 19 heavy (non-hydrogen) atoms. The summed E-state index contributed by atoms with van der Waals surface area (Å²) in [6, 6.07) is 0. The lowest BCUT2D eigenvalue weighted by Crippen LogP contribution is -2.23. The van der Waals surface area contributed by atoms with E-state index in [1.165, 1.54) is 22.5 Å². The van der Waals surface area contributed by atoms with Crippen molar-refractivity contribution in [2.75, 3.05) is 19.0 Å². The number of alkyl halides is 1. The molecule has 1 unspecified atom stereocenters. The van der Waals surface area contributed by atoms with Crippen LogP contribution in [0.5, 0.6) is 0 Å². The minimum Gasteiger partial charge on any atom is -0.394 e. The lowest BCUT2D eigenvalue weighted by Gasteiger charge is -2.12. The zero-order valence-corrected chi connectivity index (χ0v) is 10.3. The maximum absolute atomic E-state index is 12.4. The van der Waals surface area contributed by atoms with Gasteiger partial charge in [0.1, 0.15) is 19.5 Å². The third-order valence-electron chi connectivity index (χ3n) is 2.71. The SMILES string of the molecule is Cn1c(N)nc2c(ncn2COC(CO)CF)c1=O. The highest BCUT2D eigenvalue weighted by Crippen LogP contribution is 2.08. The van der Waals surface area contributed by atoms with Gasteiger partial charge in [-0.15, -0.1) is 0 Å². The van der Waals surface area contributed by atoms with Crippen molar-refractivity contribution in [1.82, 2.24) is 19.1 Å². The van der Waals surface area contributed by atoms with Crippen LogP contribution < -0.4 is 11.3 Å². The topological polar surface area (TPSA) is 108 Å². The van der Waals surface area contributed by atoms with Gasteiger partial charge in [-0.2, -0.15) is 4.98 Å². The van der Waals surface area contributed by atoms with E-state index in [2.05, 4.69) is 9.97 Å². The van der Waals surface area contributed by atoms with Crippen molar-refractivity contribution in [2.24, 2.45) is 7.05 Å². The first-order chi connectivity index (χ1) is 9.08. The summed E-state index contributed by atoms with van der Waals surface area (Å²) in [6.07, 6.45) is 0.437. The summed E-state index contributed by atoms with van der Waals surface area (Å²) in [5, 5.41) is 8.81. The fourth-order valence-electron chi connectivity index (χ4n) is 1.52. The van der Waals surface area contributed by atoms with E-state index < -0.39 is 19.4 Å². The predicted octanol–water partition coefficient (Wildman–Crippen LogP) is -0.983. The van der Waals surface area contributed by atoms with E-state index in [1.807, 2.05) is 0 Å². The molecule has 2 aromatic rings. The first kappa shape index (κ1) is 13.4. The van der Waals surface area contributed by atoms with Gasteiger partial charge in [0.25, 0.3) is 5.56 Å². The number of ether oxygens (including phenoxy) is 1. The molecule has 104 valence electrons. The van der Waals surface area contributed by atoms with Crippen LogP contribution in [0.15, 0.2) is 11.1 Å². The number of hydrogen-bond donors (Lipinski definition) is 2. The van der Waals surface area contributed by atoms with Gasteiger partial charge in [-0.05, 0) is 0 Å². The summed E-state index contributed by atoms with van der Waals surface area (Å²) < 4.78 is 20.1. The number of imidazole rings is 1. The summed E-state index contributed by atoms with van der Waals surface area (Å²) in [5.41, 5.74) is 5.64. The molecule has 0 aliphatic carbocycles. The Morgan fingerprint density at radius 3 is 3.00 bits per heavy atom. The molecule has 0 saturated carbocycles. The minimum absolute atomic E-state index is 0.0449. The molecule has 2 heterocycles. The monoisotopic (exact) mass is 271 g/mol. The van der Waals surface area contributed by atoms with Crippen LogP contribution in [-0.2, 0) is 18.5 Å². The van der Waals surface area contributed by atoms with Gasteiger partial charge < -0.3 is 15.6 Å². The number of aliphatic hydroxyl groups excluding tert-OH is 1. The Labute approximate surface area is 107 Å². The fourth-order valence-corrected chi connectivity index (χ4v) is 1.52. The smallest absolute Gasteiger partial charge is 0.282 e. The van der Waals surface area contributed by atoms with E-state index >= 15 is 0 Å². The van der Waals surface area contributed by atoms with E-state index in [4.69, 9.17) is 15.6 Å². The Hall–Kier alpha value is -2.00. The Kier molecular flexibility index (Phi) is 3.76. The minimum atomic E-state index is -0.915. The summed E-state index contributed by atoms with van der Waals surface area (Å²) in [6.45, 7) is -1.31. The highest BCUT2D eigenvalue weighted by molar-refractivity contribution is 5.70. The lowest BCUT2D eigenvalue weighted by molar-refractivity contribution is -0.0336. The average molecular weight is 271 g/mol. The Bertz CT molecular complexity index is 634. The lowest BCUT2D eigenvalue weighted by atomic mass is 10.4. The van der Waals surface area contributed by atoms with Crippen molar-refractivity contribution in [1.29, 1.82) is 0 Å². The van der Waals surface area contributed by atoms with Crippen LogP contribution >= 0.6 is 0 Å². The molecule has 8 nitrogen and oxygen atoms in total. The second kappa shape index (κ2) is 5.33. The van der Waals surface area contributed by atoms with Crippen LogP contribution in [0, 0.1) is 0 Å². The molecule has 2 aromatic heterocycles. The van der Waals surface area contributed by atoms with E-state index in [-0.39, 0.29) is 29.4 Å². The normalized spacial score (nSPS) is 13.0. The zero-order chi connectivity index (χ0) is 14.0. The van der Waals surface area contributed by atoms with Crippen molar-refractivity contribution in [3.63, 3.8) is 0 Å². The van der Waals surface area contributed by atoms with Crippen molar-refractivity contribution >= 4 is 17.1 Å². The van der Waals surface area contributed by atoms with Gasteiger partial charge in [0.15, 0.2) is 11.2 Å². The van der Waals surface area contributed by atoms with E-state index in [1.54, 1.807) is 0 Å². The van der Waals surface area contributed by atoms with Crippen molar-refractivity contribution in [3.05, 3.63) is 16.7 Å². The van der Waals surface area contributed by atoms with Crippen molar-refractivity contribution in [2.45, 2.75) is 12.8 Å². The zero-order valence-electron chi connectivity index (χ0n) is 10.3. The third kappa shape index (κ3) is 2.42. The number of aliphatic hydroxyl groups is 1. The number of nitrogens with zero attached hydrogens (tertiary/aromatic N) is 4. The summed E-state index contributed by atoms with van der Waals surface area (Å²) in [5.74, 6) is 0.0449. The largest absolute Gasteiger partial charge is 0.394 e. The molecular formula is C10H14FN5O3.